The number of hydrogen-bond acceptors (Lipinski definition) is 3. The van der Waals surface area contributed by atoms with Crippen LogP contribution in [0.25, 0.3) is 0 Å². The largest absolute Gasteiger partial charge is 0.327 e. The van der Waals surface area contributed by atoms with Gasteiger partial charge in [0.25, 0.3) is 0 Å². The van der Waals surface area contributed by atoms with Crippen molar-refractivity contribution in [1.82, 2.24) is 9.80 Å². The van der Waals surface area contributed by atoms with Crippen LogP contribution in [0.5, 0.6) is 0 Å². The fraction of sp³-hybridized carbons (Fsp3) is 0.571. The molecule has 1 heterocycles. The lowest BCUT2D eigenvalue weighted by molar-refractivity contribution is -0.130. The summed E-state index contributed by atoms with van der Waals surface area (Å²) in [6.07, 6.45) is 0.0925. The summed E-state index contributed by atoms with van der Waals surface area (Å²) in [7, 11) is 2.92. The van der Waals surface area contributed by atoms with E-state index in [4.69, 9.17) is 5.26 Å². The first-order chi connectivity index (χ1) is 5.57. The summed E-state index contributed by atoms with van der Waals surface area (Å²) in [6, 6.07) is 0.864. The van der Waals surface area contributed by atoms with Crippen molar-refractivity contribution < 1.29 is 9.59 Å². The van der Waals surface area contributed by atoms with Crippen LogP contribution in [0.2, 0.25) is 0 Å². The summed E-state index contributed by atoms with van der Waals surface area (Å²) in [4.78, 5) is 24.5. The van der Waals surface area contributed by atoms with Crippen LogP contribution in [0, 0.1) is 11.3 Å². The van der Waals surface area contributed by atoms with Crippen molar-refractivity contribution in [3.8, 4) is 6.07 Å². The Morgan fingerprint density at radius 2 is 2.08 bits per heavy atom. The maximum atomic E-state index is 11.2. The van der Waals surface area contributed by atoms with Crippen molar-refractivity contribution in [2.75, 3.05) is 14.1 Å². The minimum Gasteiger partial charge on any atom is -0.311 e. The van der Waals surface area contributed by atoms with Crippen molar-refractivity contribution in [2.45, 2.75) is 12.5 Å². The van der Waals surface area contributed by atoms with Crippen LogP contribution >= 0.6 is 0 Å². The fourth-order valence-corrected chi connectivity index (χ4v) is 1.05. The third kappa shape index (κ3) is 1.11. The lowest BCUT2D eigenvalue weighted by atomic mass is 10.1. The standard InChI is InChI=1S/C7H9N3O2/c1-9-5(4-8)3-6(11)10(2)7(9)12/h5H,3H2,1-2H3. The normalized spacial score (nSPS) is 24.2. The highest BCUT2D eigenvalue weighted by Gasteiger charge is 2.33. The van der Waals surface area contributed by atoms with Crippen LogP contribution in [0.1, 0.15) is 6.42 Å². The van der Waals surface area contributed by atoms with Gasteiger partial charge in [0.1, 0.15) is 6.04 Å². The fourth-order valence-electron chi connectivity index (χ4n) is 1.05. The molecule has 0 saturated carbocycles. The Morgan fingerprint density at radius 3 is 2.58 bits per heavy atom. The SMILES string of the molecule is CN1C(=O)CC(C#N)N(C)C1=O. The zero-order valence-electron chi connectivity index (χ0n) is 6.94. The van der Waals surface area contributed by atoms with Gasteiger partial charge in [0.15, 0.2) is 0 Å². The van der Waals surface area contributed by atoms with Gasteiger partial charge >= 0.3 is 6.03 Å². The molecule has 0 aromatic carbocycles. The average molecular weight is 167 g/mol. The van der Waals surface area contributed by atoms with E-state index >= 15 is 0 Å². The van der Waals surface area contributed by atoms with Crippen LogP contribution in [-0.2, 0) is 4.79 Å². The second kappa shape index (κ2) is 2.81. The number of imide groups is 1. The van der Waals surface area contributed by atoms with E-state index in [9.17, 15) is 9.59 Å². The molecule has 0 aromatic heterocycles. The highest BCUT2D eigenvalue weighted by molar-refractivity contribution is 5.97. The van der Waals surface area contributed by atoms with Crippen molar-refractivity contribution in [2.24, 2.45) is 0 Å². The minimum absolute atomic E-state index is 0.0925. The van der Waals surface area contributed by atoms with Gasteiger partial charge in [0.05, 0.1) is 12.5 Å². The highest BCUT2D eigenvalue weighted by atomic mass is 16.2. The van der Waals surface area contributed by atoms with E-state index in [2.05, 4.69) is 0 Å². The second-order valence-corrected chi connectivity index (χ2v) is 2.70. The molecule has 0 aromatic rings. The molecule has 64 valence electrons. The Labute approximate surface area is 70.2 Å². The molecule has 0 N–H and O–H groups in total. The topological polar surface area (TPSA) is 64.4 Å². The van der Waals surface area contributed by atoms with Crippen LogP contribution in [0.4, 0.5) is 4.79 Å². The number of nitrogens with zero attached hydrogens (tertiary/aromatic N) is 3. The Hall–Kier alpha value is -1.57. The van der Waals surface area contributed by atoms with Gasteiger partial charge in [0.2, 0.25) is 5.91 Å². The zero-order chi connectivity index (χ0) is 9.30. The molecular weight excluding hydrogens is 158 g/mol. The number of nitriles is 1. The van der Waals surface area contributed by atoms with E-state index in [1.165, 1.54) is 19.0 Å². The number of amides is 3. The van der Waals surface area contributed by atoms with Gasteiger partial charge in [-0.15, -0.1) is 0 Å². The van der Waals surface area contributed by atoms with E-state index < -0.39 is 12.1 Å². The lowest BCUT2D eigenvalue weighted by Crippen LogP contribution is -2.53. The van der Waals surface area contributed by atoms with Crippen molar-refractivity contribution >= 4 is 11.9 Å². The number of hydrogen-bond donors (Lipinski definition) is 0. The van der Waals surface area contributed by atoms with Gasteiger partial charge in [0, 0.05) is 14.1 Å². The predicted molar refractivity (Wildman–Crippen MR) is 39.9 cm³/mol. The Bertz CT molecular complexity index is 268. The molecule has 1 atom stereocenters. The van der Waals surface area contributed by atoms with Crippen molar-refractivity contribution in [3.63, 3.8) is 0 Å². The average Bonchev–Trinajstić information content (AvgIpc) is 2.08. The molecule has 1 aliphatic heterocycles. The first kappa shape index (κ1) is 8.53. The third-order valence-electron chi connectivity index (χ3n) is 1.95. The molecule has 1 rings (SSSR count). The maximum absolute atomic E-state index is 11.2. The van der Waals surface area contributed by atoms with E-state index in [1.54, 1.807) is 0 Å². The number of urea groups is 1. The summed E-state index contributed by atoms with van der Waals surface area (Å²) >= 11 is 0. The van der Waals surface area contributed by atoms with Gasteiger partial charge in [-0.2, -0.15) is 5.26 Å². The van der Waals surface area contributed by atoms with Crippen LogP contribution in [-0.4, -0.2) is 41.9 Å². The first-order valence-electron chi connectivity index (χ1n) is 3.51. The van der Waals surface area contributed by atoms with Gasteiger partial charge in [-0.3, -0.25) is 9.69 Å². The Balaban J connectivity index is 2.86. The molecule has 0 radical (unpaired) electrons. The molecule has 1 aliphatic rings. The summed E-state index contributed by atoms with van der Waals surface area (Å²) in [5.41, 5.74) is 0. The summed E-state index contributed by atoms with van der Waals surface area (Å²) in [6.45, 7) is 0. The highest BCUT2D eigenvalue weighted by Crippen LogP contribution is 2.12. The molecule has 5 heteroatoms. The summed E-state index contributed by atoms with van der Waals surface area (Å²) in [5.74, 6) is -0.301. The maximum Gasteiger partial charge on any atom is 0.327 e. The third-order valence-corrected chi connectivity index (χ3v) is 1.95. The molecule has 1 fully saturated rings. The van der Waals surface area contributed by atoms with E-state index in [0.29, 0.717) is 0 Å². The van der Waals surface area contributed by atoms with Gasteiger partial charge in [-0.1, -0.05) is 0 Å². The molecule has 5 nitrogen and oxygen atoms in total. The molecule has 1 saturated heterocycles. The Kier molecular flexibility index (Phi) is 2.00. The summed E-state index contributed by atoms with van der Waals surface area (Å²) < 4.78 is 0. The molecule has 0 aliphatic carbocycles. The smallest absolute Gasteiger partial charge is 0.311 e. The predicted octanol–water partition coefficient (Wildman–Crippen LogP) is -0.208. The quantitative estimate of drug-likeness (QED) is 0.501. The van der Waals surface area contributed by atoms with Crippen LogP contribution in [0.3, 0.4) is 0 Å². The van der Waals surface area contributed by atoms with E-state index in [1.807, 2.05) is 6.07 Å². The number of rotatable bonds is 0. The zero-order valence-corrected chi connectivity index (χ0v) is 6.94. The van der Waals surface area contributed by atoms with Crippen LogP contribution in [0.15, 0.2) is 0 Å². The molecule has 1 unspecified atom stereocenters. The molecular formula is C7H9N3O2. The molecule has 0 spiro atoms. The number of carbonyl (C=O) groups excluding carboxylic acids is 2. The second-order valence-electron chi connectivity index (χ2n) is 2.70. The molecule has 3 amide bonds. The minimum atomic E-state index is -0.610. The molecule has 12 heavy (non-hydrogen) atoms. The van der Waals surface area contributed by atoms with E-state index in [-0.39, 0.29) is 12.3 Å². The molecule has 0 bridgehead atoms. The first-order valence-corrected chi connectivity index (χ1v) is 3.51. The van der Waals surface area contributed by atoms with Gasteiger partial charge < -0.3 is 4.90 Å². The van der Waals surface area contributed by atoms with Gasteiger partial charge in [-0.05, 0) is 0 Å². The Morgan fingerprint density at radius 1 is 1.50 bits per heavy atom. The van der Waals surface area contributed by atoms with Gasteiger partial charge in [-0.25, -0.2) is 4.79 Å². The van der Waals surface area contributed by atoms with Crippen molar-refractivity contribution in [1.29, 1.82) is 5.26 Å². The lowest BCUT2D eigenvalue weighted by Gasteiger charge is -2.32. The monoisotopic (exact) mass is 167 g/mol. The van der Waals surface area contributed by atoms with Crippen LogP contribution < -0.4 is 0 Å². The van der Waals surface area contributed by atoms with E-state index in [0.717, 1.165) is 4.90 Å². The van der Waals surface area contributed by atoms with Crippen molar-refractivity contribution in [3.05, 3.63) is 0 Å². The number of carbonyl (C=O) groups is 2. The summed E-state index contributed by atoms with van der Waals surface area (Å²) in [5, 5.41) is 8.57.